The van der Waals surface area contributed by atoms with Crippen molar-refractivity contribution in [1.29, 1.82) is 0 Å². The maximum absolute atomic E-state index is 12.6. The van der Waals surface area contributed by atoms with Crippen molar-refractivity contribution in [2.45, 2.75) is 33.0 Å². The van der Waals surface area contributed by atoms with Gasteiger partial charge in [-0.2, -0.15) is 5.10 Å². The summed E-state index contributed by atoms with van der Waals surface area (Å²) in [5.74, 6) is 0.517. The summed E-state index contributed by atoms with van der Waals surface area (Å²) in [6, 6.07) is 18.7. The molecule has 0 aliphatic heterocycles. The van der Waals surface area contributed by atoms with Gasteiger partial charge < -0.3 is 10.1 Å². The zero-order valence-corrected chi connectivity index (χ0v) is 16.9. The minimum Gasteiger partial charge on any atom is -0.445 e. The van der Waals surface area contributed by atoms with E-state index in [9.17, 15) is 9.59 Å². The third-order valence-corrected chi connectivity index (χ3v) is 4.65. The smallest absolute Gasteiger partial charge is 0.408 e. The molecule has 1 heterocycles. The molecule has 152 valence electrons. The number of carbonyl (C=O) groups excluding carboxylic acids is 1. The molecule has 2 aromatic carbocycles. The molecule has 0 aliphatic rings. The summed E-state index contributed by atoms with van der Waals surface area (Å²) < 4.78 is 8.24. The molecule has 3 aromatic rings. The number of amides is 1. The van der Waals surface area contributed by atoms with Crippen LogP contribution in [0.1, 0.15) is 36.8 Å². The van der Waals surface area contributed by atoms with Crippen molar-refractivity contribution in [3.8, 4) is 0 Å². The molecular weight excluding hydrogens is 368 g/mol. The molecule has 1 unspecified atom stereocenters. The molecule has 3 rings (SSSR count). The highest BCUT2D eigenvalue weighted by molar-refractivity contribution is 5.67. The summed E-state index contributed by atoms with van der Waals surface area (Å²) in [5, 5.41) is 7.27. The number of aromatic nitrogens is 3. The molecule has 0 aliphatic carbocycles. The van der Waals surface area contributed by atoms with Crippen LogP contribution < -0.4 is 11.0 Å². The molecule has 1 N–H and O–H groups in total. The molecule has 0 radical (unpaired) electrons. The predicted molar refractivity (Wildman–Crippen MR) is 110 cm³/mol. The van der Waals surface area contributed by atoms with Crippen molar-refractivity contribution in [2.24, 2.45) is 13.0 Å². The van der Waals surface area contributed by atoms with E-state index in [-0.39, 0.29) is 18.2 Å². The van der Waals surface area contributed by atoms with E-state index < -0.39 is 12.1 Å². The van der Waals surface area contributed by atoms with Gasteiger partial charge in [0.2, 0.25) is 0 Å². The van der Waals surface area contributed by atoms with E-state index in [1.807, 2.05) is 74.5 Å². The molecule has 1 amide bonds. The molecule has 7 nitrogen and oxygen atoms in total. The summed E-state index contributed by atoms with van der Waals surface area (Å²) in [7, 11) is 1.61. The van der Waals surface area contributed by atoms with E-state index in [0.717, 1.165) is 11.1 Å². The van der Waals surface area contributed by atoms with Gasteiger partial charge in [0.1, 0.15) is 6.61 Å². The van der Waals surface area contributed by atoms with E-state index >= 15 is 0 Å². The zero-order valence-electron chi connectivity index (χ0n) is 16.9. The highest BCUT2D eigenvalue weighted by Crippen LogP contribution is 2.20. The molecule has 0 spiro atoms. The third-order valence-electron chi connectivity index (χ3n) is 4.65. The summed E-state index contributed by atoms with van der Waals surface area (Å²) in [4.78, 5) is 25.0. The van der Waals surface area contributed by atoms with Crippen LogP contribution in [0, 0.1) is 5.92 Å². The van der Waals surface area contributed by atoms with E-state index in [1.54, 1.807) is 11.6 Å². The van der Waals surface area contributed by atoms with Gasteiger partial charge in [-0.1, -0.05) is 74.5 Å². The summed E-state index contributed by atoms with van der Waals surface area (Å²) in [6.45, 7) is 4.49. The molecule has 1 aromatic heterocycles. The lowest BCUT2D eigenvalue weighted by atomic mass is 10.0. The van der Waals surface area contributed by atoms with E-state index in [0.29, 0.717) is 12.4 Å². The summed E-state index contributed by atoms with van der Waals surface area (Å²) >= 11 is 0. The Balaban J connectivity index is 1.79. The molecular formula is C22H26N4O3. The fraction of sp³-hybridized carbons (Fsp3) is 0.318. The Morgan fingerprint density at radius 1 is 1.03 bits per heavy atom. The number of ether oxygens (including phenoxy) is 1. The standard InChI is InChI=1S/C22H26N4O3/c1-16(2)19(23-21(27)29-15-18-12-8-5-9-13-18)20-24-25(3)22(28)26(20)14-17-10-6-4-7-11-17/h4-13,16,19H,14-15H2,1-3H3,(H,23,27). The Morgan fingerprint density at radius 2 is 1.62 bits per heavy atom. The Labute approximate surface area is 169 Å². The largest absolute Gasteiger partial charge is 0.445 e. The number of carbonyl (C=O) groups is 1. The Hall–Kier alpha value is -3.35. The van der Waals surface area contributed by atoms with Gasteiger partial charge >= 0.3 is 11.8 Å². The molecule has 0 bridgehead atoms. The summed E-state index contributed by atoms with van der Waals surface area (Å²) in [6.07, 6.45) is -0.545. The Kier molecular flexibility index (Phi) is 6.49. The van der Waals surface area contributed by atoms with E-state index in [2.05, 4.69) is 10.4 Å². The number of aryl methyl sites for hydroxylation is 1. The van der Waals surface area contributed by atoms with Crippen LogP contribution in [0.15, 0.2) is 65.5 Å². The fourth-order valence-electron chi connectivity index (χ4n) is 3.09. The second-order valence-electron chi connectivity index (χ2n) is 7.26. The van der Waals surface area contributed by atoms with Gasteiger partial charge in [-0.15, -0.1) is 0 Å². The van der Waals surface area contributed by atoms with Crippen molar-refractivity contribution in [2.75, 3.05) is 0 Å². The summed E-state index contributed by atoms with van der Waals surface area (Å²) in [5.41, 5.74) is 1.66. The molecule has 0 saturated carbocycles. The predicted octanol–water partition coefficient (Wildman–Crippen LogP) is 3.25. The van der Waals surface area contributed by atoms with E-state index in [1.165, 1.54) is 4.68 Å². The number of hydrogen-bond acceptors (Lipinski definition) is 4. The van der Waals surface area contributed by atoms with Crippen molar-refractivity contribution in [1.82, 2.24) is 19.7 Å². The lowest BCUT2D eigenvalue weighted by Crippen LogP contribution is -2.35. The second kappa shape index (κ2) is 9.23. The normalized spacial score (nSPS) is 12.0. The average Bonchev–Trinajstić information content (AvgIpc) is 3.00. The topological polar surface area (TPSA) is 78.2 Å². The molecule has 0 fully saturated rings. The van der Waals surface area contributed by atoms with Crippen molar-refractivity contribution in [3.63, 3.8) is 0 Å². The molecule has 7 heteroatoms. The van der Waals surface area contributed by atoms with Crippen LogP contribution in [0.3, 0.4) is 0 Å². The maximum atomic E-state index is 12.6. The number of nitrogens with zero attached hydrogens (tertiary/aromatic N) is 3. The van der Waals surface area contributed by atoms with E-state index in [4.69, 9.17) is 4.74 Å². The zero-order chi connectivity index (χ0) is 20.8. The number of benzene rings is 2. The van der Waals surface area contributed by atoms with Gasteiger partial charge in [-0.3, -0.25) is 4.57 Å². The van der Waals surface area contributed by atoms with Crippen LogP contribution in [0.5, 0.6) is 0 Å². The highest BCUT2D eigenvalue weighted by atomic mass is 16.5. The third kappa shape index (κ3) is 5.13. The molecule has 1 atom stereocenters. The van der Waals surface area contributed by atoms with Crippen LogP contribution in [-0.4, -0.2) is 20.4 Å². The quantitative estimate of drug-likeness (QED) is 0.667. The Morgan fingerprint density at radius 3 is 2.21 bits per heavy atom. The molecule has 29 heavy (non-hydrogen) atoms. The van der Waals surface area contributed by atoms with Gasteiger partial charge in [0.15, 0.2) is 5.82 Å². The SMILES string of the molecule is CC(C)C(NC(=O)OCc1ccccc1)c1nn(C)c(=O)n1Cc1ccccc1. The monoisotopic (exact) mass is 394 g/mol. The number of hydrogen-bond donors (Lipinski definition) is 1. The lowest BCUT2D eigenvalue weighted by Gasteiger charge is -2.22. The first-order valence-electron chi connectivity index (χ1n) is 9.60. The van der Waals surface area contributed by atoms with Crippen LogP contribution in [0.4, 0.5) is 4.79 Å². The Bertz CT molecular complexity index is 994. The van der Waals surface area contributed by atoms with Crippen molar-refractivity contribution >= 4 is 6.09 Å². The van der Waals surface area contributed by atoms with Crippen LogP contribution in [0.2, 0.25) is 0 Å². The number of alkyl carbamates (subject to hydrolysis) is 1. The highest BCUT2D eigenvalue weighted by Gasteiger charge is 2.26. The van der Waals surface area contributed by atoms with Crippen molar-refractivity contribution < 1.29 is 9.53 Å². The first-order chi connectivity index (χ1) is 14.0. The second-order valence-corrected chi connectivity index (χ2v) is 7.26. The number of nitrogens with one attached hydrogen (secondary N) is 1. The fourth-order valence-corrected chi connectivity index (χ4v) is 3.09. The van der Waals surface area contributed by atoms with Crippen LogP contribution in [-0.2, 0) is 24.9 Å². The first kappa shape index (κ1) is 20.4. The van der Waals surface area contributed by atoms with Gasteiger partial charge in [0.05, 0.1) is 12.6 Å². The van der Waals surface area contributed by atoms with Gasteiger partial charge in [0.25, 0.3) is 0 Å². The average molecular weight is 394 g/mol. The van der Waals surface area contributed by atoms with Crippen molar-refractivity contribution in [3.05, 3.63) is 88.1 Å². The first-order valence-corrected chi connectivity index (χ1v) is 9.60. The minimum atomic E-state index is -0.545. The maximum Gasteiger partial charge on any atom is 0.408 e. The van der Waals surface area contributed by atoms with Gasteiger partial charge in [-0.25, -0.2) is 14.3 Å². The minimum absolute atomic E-state index is 0.00981. The van der Waals surface area contributed by atoms with Crippen LogP contribution in [0.25, 0.3) is 0 Å². The van der Waals surface area contributed by atoms with Gasteiger partial charge in [0, 0.05) is 7.05 Å². The molecule has 0 saturated heterocycles. The number of rotatable bonds is 7. The van der Waals surface area contributed by atoms with Gasteiger partial charge in [-0.05, 0) is 17.0 Å². The lowest BCUT2D eigenvalue weighted by molar-refractivity contribution is 0.131. The van der Waals surface area contributed by atoms with Crippen LogP contribution >= 0.6 is 0 Å².